The smallest absolute Gasteiger partial charge is 0.226 e. The fraction of sp³-hybridized carbons (Fsp3) is 0.643. The molecule has 1 heterocycles. The molecule has 4 heteroatoms. The molecule has 1 saturated carbocycles. The summed E-state index contributed by atoms with van der Waals surface area (Å²) in [5, 5.41) is 0. The summed E-state index contributed by atoms with van der Waals surface area (Å²) < 4.78 is 5.50. The molecule has 1 aromatic rings. The van der Waals surface area contributed by atoms with Crippen LogP contribution in [0.25, 0.3) is 0 Å². The van der Waals surface area contributed by atoms with E-state index in [2.05, 4.69) is 0 Å². The van der Waals surface area contributed by atoms with Crippen LogP contribution in [0.5, 0.6) is 0 Å². The van der Waals surface area contributed by atoms with Gasteiger partial charge in [-0.25, -0.2) is 0 Å². The highest BCUT2D eigenvalue weighted by molar-refractivity contribution is 5.79. The van der Waals surface area contributed by atoms with Crippen molar-refractivity contribution >= 4 is 5.91 Å². The molecule has 1 aliphatic carbocycles. The third-order valence-electron chi connectivity index (χ3n) is 3.84. The van der Waals surface area contributed by atoms with Crippen molar-refractivity contribution in [2.75, 3.05) is 13.6 Å². The molecule has 0 unspecified atom stereocenters. The van der Waals surface area contributed by atoms with Gasteiger partial charge in [-0.3, -0.25) is 4.79 Å². The quantitative estimate of drug-likeness (QED) is 0.888. The van der Waals surface area contributed by atoms with E-state index < -0.39 is 0 Å². The zero-order chi connectivity index (χ0) is 13.1. The van der Waals surface area contributed by atoms with Crippen LogP contribution in [-0.4, -0.2) is 24.4 Å². The normalized spacial score (nSPS) is 23.3. The van der Waals surface area contributed by atoms with Crippen LogP contribution in [0.15, 0.2) is 16.5 Å². The molecule has 2 rings (SSSR count). The van der Waals surface area contributed by atoms with Gasteiger partial charge in [0.1, 0.15) is 11.5 Å². The molecule has 100 valence electrons. The molecule has 1 aliphatic rings. The lowest BCUT2D eigenvalue weighted by Gasteiger charge is -2.23. The third kappa shape index (κ3) is 2.75. The SMILES string of the molecule is Cc1ccc(CN(C)C(=O)[C@@H]2CCC[C@@H]2CN)o1. The maximum Gasteiger partial charge on any atom is 0.226 e. The van der Waals surface area contributed by atoms with Crippen molar-refractivity contribution in [3.63, 3.8) is 0 Å². The fourth-order valence-corrected chi connectivity index (χ4v) is 2.81. The van der Waals surface area contributed by atoms with E-state index in [-0.39, 0.29) is 11.8 Å². The Kier molecular flexibility index (Phi) is 4.07. The van der Waals surface area contributed by atoms with Crippen LogP contribution < -0.4 is 5.73 Å². The highest BCUT2D eigenvalue weighted by Crippen LogP contribution is 2.32. The summed E-state index contributed by atoms with van der Waals surface area (Å²) in [5.41, 5.74) is 5.73. The van der Waals surface area contributed by atoms with E-state index >= 15 is 0 Å². The van der Waals surface area contributed by atoms with Gasteiger partial charge < -0.3 is 15.1 Å². The van der Waals surface area contributed by atoms with E-state index in [0.717, 1.165) is 30.8 Å². The van der Waals surface area contributed by atoms with Crippen LogP contribution in [0.4, 0.5) is 0 Å². The first-order valence-corrected chi connectivity index (χ1v) is 6.62. The number of carbonyl (C=O) groups is 1. The molecule has 0 aliphatic heterocycles. The van der Waals surface area contributed by atoms with E-state index in [0.29, 0.717) is 19.0 Å². The van der Waals surface area contributed by atoms with Crippen molar-refractivity contribution < 1.29 is 9.21 Å². The molecule has 0 bridgehead atoms. The summed E-state index contributed by atoms with van der Waals surface area (Å²) in [5.74, 6) is 2.39. The Labute approximate surface area is 108 Å². The van der Waals surface area contributed by atoms with Gasteiger partial charge in [-0.1, -0.05) is 6.42 Å². The van der Waals surface area contributed by atoms with Gasteiger partial charge in [-0.05, 0) is 44.4 Å². The van der Waals surface area contributed by atoms with Gasteiger partial charge in [0.05, 0.1) is 6.54 Å². The number of amides is 1. The van der Waals surface area contributed by atoms with Crippen molar-refractivity contribution in [1.29, 1.82) is 0 Å². The Morgan fingerprint density at radius 3 is 2.89 bits per heavy atom. The molecular formula is C14H22N2O2. The van der Waals surface area contributed by atoms with E-state index in [1.807, 2.05) is 26.1 Å². The van der Waals surface area contributed by atoms with Gasteiger partial charge in [0, 0.05) is 13.0 Å². The molecule has 0 saturated heterocycles. The minimum absolute atomic E-state index is 0.107. The molecule has 2 N–H and O–H groups in total. The molecule has 1 aromatic heterocycles. The van der Waals surface area contributed by atoms with Crippen LogP contribution in [0.3, 0.4) is 0 Å². The Morgan fingerprint density at radius 1 is 1.50 bits per heavy atom. The summed E-state index contributed by atoms with van der Waals surface area (Å²) in [6, 6.07) is 3.85. The van der Waals surface area contributed by atoms with Crippen LogP contribution in [-0.2, 0) is 11.3 Å². The molecule has 0 spiro atoms. The average molecular weight is 250 g/mol. The molecule has 18 heavy (non-hydrogen) atoms. The molecule has 0 aromatic carbocycles. The number of nitrogens with zero attached hydrogens (tertiary/aromatic N) is 1. The number of nitrogens with two attached hydrogens (primary N) is 1. The summed E-state index contributed by atoms with van der Waals surface area (Å²) in [4.78, 5) is 14.1. The first-order valence-electron chi connectivity index (χ1n) is 6.62. The third-order valence-corrected chi connectivity index (χ3v) is 3.84. The van der Waals surface area contributed by atoms with Gasteiger partial charge in [0.15, 0.2) is 0 Å². The van der Waals surface area contributed by atoms with E-state index in [1.165, 1.54) is 0 Å². The molecular weight excluding hydrogens is 228 g/mol. The Hall–Kier alpha value is -1.29. The van der Waals surface area contributed by atoms with Gasteiger partial charge in [-0.2, -0.15) is 0 Å². The summed E-state index contributed by atoms with van der Waals surface area (Å²) in [7, 11) is 1.84. The van der Waals surface area contributed by atoms with Crippen molar-refractivity contribution in [2.24, 2.45) is 17.6 Å². The standard InChI is InChI=1S/C14H22N2O2/c1-10-6-7-12(18-10)9-16(2)14(17)13-5-3-4-11(13)8-15/h6-7,11,13H,3-5,8-9,15H2,1-2H3/t11-,13-/m1/s1. The second-order valence-corrected chi connectivity index (χ2v) is 5.24. The minimum Gasteiger partial charge on any atom is -0.464 e. The number of rotatable bonds is 4. The summed E-state index contributed by atoms with van der Waals surface area (Å²) in [6.45, 7) is 3.07. The van der Waals surface area contributed by atoms with Crippen molar-refractivity contribution in [2.45, 2.75) is 32.7 Å². The maximum atomic E-state index is 12.4. The number of carbonyl (C=O) groups excluding carboxylic acids is 1. The maximum absolute atomic E-state index is 12.4. The number of furan rings is 1. The van der Waals surface area contributed by atoms with E-state index in [1.54, 1.807) is 4.90 Å². The van der Waals surface area contributed by atoms with Crippen LogP contribution in [0, 0.1) is 18.8 Å². The summed E-state index contributed by atoms with van der Waals surface area (Å²) in [6.07, 6.45) is 3.18. The van der Waals surface area contributed by atoms with Gasteiger partial charge in [0.25, 0.3) is 0 Å². The second-order valence-electron chi connectivity index (χ2n) is 5.24. The molecule has 1 fully saturated rings. The lowest BCUT2D eigenvalue weighted by molar-refractivity contribution is -0.136. The number of aryl methyl sites for hydroxylation is 1. The molecule has 4 nitrogen and oxygen atoms in total. The predicted molar refractivity (Wildman–Crippen MR) is 69.8 cm³/mol. The second kappa shape index (κ2) is 5.57. The minimum atomic E-state index is 0.107. The lowest BCUT2D eigenvalue weighted by atomic mass is 9.95. The van der Waals surface area contributed by atoms with Gasteiger partial charge in [-0.15, -0.1) is 0 Å². The predicted octanol–water partition coefficient (Wildman–Crippen LogP) is 1.92. The van der Waals surface area contributed by atoms with Gasteiger partial charge >= 0.3 is 0 Å². The van der Waals surface area contributed by atoms with Crippen LogP contribution in [0.1, 0.15) is 30.8 Å². The topological polar surface area (TPSA) is 59.5 Å². The fourth-order valence-electron chi connectivity index (χ4n) is 2.81. The Morgan fingerprint density at radius 2 is 2.28 bits per heavy atom. The molecule has 2 atom stereocenters. The monoisotopic (exact) mass is 250 g/mol. The summed E-state index contributed by atoms with van der Waals surface area (Å²) >= 11 is 0. The van der Waals surface area contributed by atoms with Crippen LogP contribution in [0.2, 0.25) is 0 Å². The zero-order valence-electron chi connectivity index (χ0n) is 11.2. The van der Waals surface area contributed by atoms with Crippen molar-refractivity contribution in [1.82, 2.24) is 4.90 Å². The number of hydrogen-bond donors (Lipinski definition) is 1. The van der Waals surface area contributed by atoms with Crippen LogP contribution >= 0.6 is 0 Å². The largest absolute Gasteiger partial charge is 0.464 e. The van der Waals surface area contributed by atoms with Crippen molar-refractivity contribution in [3.05, 3.63) is 23.7 Å². The van der Waals surface area contributed by atoms with Crippen molar-refractivity contribution in [3.8, 4) is 0 Å². The van der Waals surface area contributed by atoms with E-state index in [9.17, 15) is 4.79 Å². The highest BCUT2D eigenvalue weighted by atomic mass is 16.3. The van der Waals surface area contributed by atoms with Gasteiger partial charge in [0.2, 0.25) is 5.91 Å². The zero-order valence-corrected chi connectivity index (χ0v) is 11.2. The lowest BCUT2D eigenvalue weighted by Crippen LogP contribution is -2.36. The first-order chi connectivity index (χ1) is 8.61. The Bertz CT molecular complexity index is 414. The first kappa shape index (κ1) is 13.1. The molecule has 1 amide bonds. The van der Waals surface area contributed by atoms with E-state index in [4.69, 9.17) is 10.2 Å². The Balaban J connectivity index is 1.96. The molecule has 0 radical (unpaired) electrons. The highest BCUT2D eigenvalue weighted by Gasteiger charge is 2.33. The average Bonchev–Trinajstić information content (AvgIpc) is 2.96. The number of hydrogen-bond acceptors (Lipinski definition) is 3.